The van der Waals surface area contributed by atoms with Gasteiger partial charge in [-0.15, -0.1) is 0 Å². The van der Waals surface area contributed by atoms with Crippen LogP contribution in [-0.2, 0) is 6.42 Å². The number of aliphatic hydroxyl groups is 2. The first-order valence-corrected chi connectivity index (χ1v) is 9.23. The maximum atomic E-state index is 11.2. The molecular formula is C21H26O3. The number of allylic oxidation sites excluding steroid dienone is 1. The smallest absolute Gasteiger partial charge is 0.119 e. The fourth-order valence-electron chi connectivity index (χ4n) is 6.81. The Balaban J connectivity index is 1.61. The van der Waals surface area contributed by atoms with Crippen molar-refractivity contribution in [3.05, 3.63) is 41.5 Å². The molecule has 128 valence electrons. The highest BCUT2D eigenvalue weighted by atomic mass is 16.5. The zero-order valence-electron chi connectivity index (χ0n) is 14.5. The van der Waals surface area contributed by atoms with Crippen LogP contribution in [0, 0.1) is 16.7 Å². The molecule has 0 aromatic heterocycles. The molecule has 0 saturated heterocycles. The first kappa shape index (κ1) is 15.0. The molecule has 2 N–H and O–H groups in total. The van der Waals surface area contributed by atoms with Crippen molar-refractivity contribution in [2.75, 3.05) is 7.11 Å². The van der Waals surface area contributed by atoms with Gasteiger partial charge in [0.2, 0.25) is 0 Å². The molecule has 0 heterocycles. The molecule has 4 aliphatic carbocycles. The van der Waals surface area contributed by atoms with Gasteiger partial charge in [0.15, 0.2) is 0 Å². The van der Waals surface area contributed by atoms with Crippen LogP contribution >= 0.6 is 0 Å². The van der Waals surface area contributed by atoms with Crippen molar-refractivity contribution < 1.29 is 14.9 Å². The molecule has 0 aliphatic heterocycles. The van der Waals surface area contributed by atoms with Crippen LogP contribution in [0.3, 0.4) is 0 Å². The summed E-state index contributed by atoms with van der Waals surface area (Å²) in [7, 11) is 1.72. The molecule has 2 fully saturated rings. The van der Waals surface area contributed by atoms with Gasteiger partial charge in [0.25, 0.3) is 0 Å². The van der Waals surface area contributed by atoms with E-state index in [1.165, 1.54) is 11.1 Å². The minimum atomic E-state index is -1.03. The molecule has 2 saturated carbocycles. The Hall–Kier alpha value is -1.32. The maximum absolute atomic E-state index is 11.2. The van der Waals surface area contributed by atoms with Gasteiger partial charge in [-0.2, -0.15) is 0 Å². The average molecular weight is 326 g/mol. The number of hydrogen-bond acceptors (Lipinski definition) is 3. The number of rotatable bonds is 1. The van der Waals surface area contributed by atoms with E-state index in [2.05, 4.69) is 31.2 Å². The molecule has 1 aromatic rings. The van der Waals surface area contributed by atoms with E-state index in [1.807, 2.05) is 6.08 Å². The number of hydrogen-bond donors (Lipinski definition) is 2. The predicted octanol–water partition coefficient (Wildman–Crippen LogP) is 3.19. The fraction of sp³-hybridized carbons (Fsp3) is 0.619. The highest BCUT2D eigenvalue weighted by molar-refractivity contribution is 5.45. The molecule has 2 bridgehead atoms. The Labute approximate surface area is 143 Å². The van der Waals surface area contributed by atoms with E-state index in [-0.39, 0.29) is 10.8 Å². The summed E-state index contributed by atoms with van der Waals surface area (Å²) in [6.07, 6.45) is 8.55. The van der Waals surface area contributed by atoms with Crippen LogP contribution < -0.4 is 4.74 Å². The maximum Gasteiger partial charge on any atom is 0.119 e. The van der Waals surface area contributed by atoms with Crippen LogP contribution in [0.2, 0.25) is 0 Å². The Kier molecular flexibility index (Phi) is 2.77. The predicted molar refractivity (Wildman–Crippen MR) is 92.0 cm³/mol. The third kappa shape index (κ3) is 1.44. The topological polar surface area (TPSA) is 49.7 Å². The first-order chi connectivity index (χ1) is 11.5. The molecule has 0 amide bonds. The zero-order chi connectivity index (χ0) is 16.7. The lowest BCUT2D eigenvalue weighted by molar-refractivity contribution is -0.112. The van der Waals surface area contributed by atoms with Crippen LogP contribution in [0.15, 0.2) is 30.4 Å². The molecule has 1 aromatic carbocycles. The molecule has 4 aliphatic rings. The van der Waals surface area contributed by atoms with Gasteiger partial charge in [0, 0.05) is 10.8 Å². The largest absolute Gasteiger partial charge is 0.497 e. The lowest BCUT2D eigenvalue weighted by Gasteiger charge is -2.56. The quantitative estimate of drug-likeness (QED) is 0.779. The highest BCUT2D eigenvalue weighted by Gasteiger charge is 2.74. The van der Waals surface area contributed by atoms with E-state index < -0.39 is 11.7 Å². The van der Waals surface area contributed by atoms with Crippen molar-refractivity contribution >= 4 is 0 Å². The molecule has 24 heavy (non-hydrogen) atoms. The average Bonchev–Trinajstić information content (AvgIpc) is 2.93. The Morgan fingerprint density at radius 3 is 2.79 bits per heavy atom. The molecule has 3 nitrogen and oxygen atoms in total. The van der Waals surface area contributed by atoms with E-state index in [0.29, 0.717) is 18.3 Å². The van der Waals surface area contributed by atoms with Crippen molar-refractivity contribution in [3.8, 4) is 5.75 Å². The number of benzene rings is 1. The first-order valence-electron chi connectivity index (χ1n) is 9.23. The molecular weight excluding hydrogens is 300 g/mol. The Bertz CT molecular complexity index is 741. The second-order valence-corrected chi connectivity index (χ2v) is 8.61. The Morgan fingerprint density at radius 1 is 1.21 bits per heavy atom. The van der Waals surface area contributed by atoms with Crippen LogP contribution in [0.4, 0.5) is 0 Å². The summed E-state index contributed by atoms with van der Waals surface area (Å²) in [6, 6.07) is 6.53. The van der Waals surface area contributed by atoms with Crippen molar-refractivity contribution in [1.82, 2.24) is 0 Å². The monoisotopic (exact) mass is 326 g/mol. The Morgan fingerprint density at radius 2 is 2.04 bits per heavy atom. The third-order valence-corrected chi connectivity index (χ3v) is 8.16. The minimum Gasteiger partial charge on any atom is -0.497 e. The van der Waals surface area contributed by atoms with Crippen molar-refractivity contribution in [2.24, 2.45) is 16.7 Å². The van der Waals surface area contributed by atoms with Gasteiger partial charge in [-0.1, -0.05) is 25.1 Å². The van der Waals surface area contributed by atoms with Crippen molar-refractivity contribution in [1.29, 1.82) is 0 Å². The SMILES string of the molecule is COc1ccc2c(c1)CC[C@@H]1[C@@H]2CC[C@@]2(C)[C@]13C=C[C@]2(O)[C@H](O)C3. The highest BCUT2D eigenvalue weighted by Crippen LogP contribution is 2.74. The number of fused-ring (bicyclic) bond motifs is 3. The molecule has 6 atom stereocenters. The van der Waals surface area contributed by atoms with Gasteiger partial charge < -0.3 is 14.9 Å². The second-order valence-electron chi connectivity index (χ2n) is 8.61. The van der Waals surface area contributed by atoms with Crippen LogP contribution in [-0.4, -0.2) is 29.0 Å². The van der Waals surface area contributed by atoms with Gasteiger partial charge in [-0.3, -0.25) is 0 Å². The molecule has 5 rings (SSSR count). The molecule has 3 heteroatoms. The minimum absolute atomic E-state index is 0.0539. The summed E-state index contributed by atoms with van der Waals surface area (Å²) in [5, 5.41) is 21.8. The number of aliphatic hydroxyl groups excluding tert-OH is 1. The van der Waals surface area contributed by atoms with Crippen LogP contribution in [0.1, 0.15) is 49.7 Å². The zero-order valence-corrected chi connectivity index (χ0v) is 14.5. The van der Waals surface area contributed by atoms with Gasteiger partial charge >= 0.3 is 0 Å². The van der Waals surface area contributed by atoms with E-state index in [9.17, 15) is 10.2 Å². The van der Waals surface area contributed by atoms with E-state index in [4.69, 9.17) is 4.74 Å². The number of aryl methyl sites for hydroxylation is 1. The summed E-state index contributed by atoms with van der Waals surface area (Å²) >= 11 is 0. The summed E-state index contributed by atoms with van der Waals surface area (Å²) in [5.41, 5.74) is 1.59. The van der Waals surface area contributed by atoms with Gasteiger partial charge in [-0.05, 0) is 67.2 Å². The van der Waals surface area contributed by atoms with Gasteiger partial charge in [0.1, 0.15) is 11.4 Å². The van der Waals surface area contributed by atoms with Crippen LogP contribution in [0.5, 0.6) is 5.75 Å². The van der Waals surface area contributed by atoms with Gasteiger partial charge in [0.05, 0.1) is 13.2 Å². The summed E-state index contributed by atoms with van der Waals surface area (Å²) in [6.45, 7) is 2.21. The summed E-state index contributed by atoms with van der Waals surface area (Å²) < 4.78 is 5.40. The molecule has 0 spiro atoms. The number of methoxy groups -OCH3 is 1. The standard InChI is InChI=1S/C21H26O3/c1-19-8-7-16-15-5-4-14(24-2)11-13(15)3-6-17(16)20(19)9-10-21(19,23)18(22)12-20/h4-5,9-11,16-18,22-23H,3,6-8,12H2,1-2H3/t16-,17-,18-,19+,20+,21+/m1/s1. The fourth-order valence-corrected chi connectivity index (χ4v) is 6.81. The van der Waals surface area contributed by atoms with E-state index in [1.54, 1.807) is 7.11 Å². The van der Waals surface area contributed by atoms with Crippen molar-refractivity contribution in [2.45, 2.75) is 56.7 Å². The third-order valence-electron chi connectivity index (χ3n) is 8.16. The lowest BCUT2D eigenvalue weighted by Crippen LogP contribution is -2.53. The summed E-state index contributed by atoms with van der Waals surface area (Å²) in [5.74, 6) is 1.99. The number of ether oxygens (including phenoxy) is 1. The van der Waals surface area contributed by atoms with Gasteiger partial charge in [-0.25, -0.2) is 0 Å². The van der Waals surface area contributed by atoms with Crippen molar-refractivity contribution in [3.63, 3.8) is 0 Å². The second kappa shape index (κ2) is 4.44. The normalized spacial score (nSPS) is 47.9. The van der Waals surface area contributed by atoms with E-state index >= 15 is 0 Å². The lowest BCUT2D eigenvalue weighted by atomic mass is 9.48. The molecule has 0 radical (unpaired) electrons. The molecule has 0 unspecified atom stereocenters. The van der Waals surface area contributed by atoms with Crippen LogP contribution in [0.25, 0.3) is 0 Å². The van der Waals surface area contributed by atoms with E-state index in [0.717, 1.165) is 31.4 Å². The summed E-state index contributed by atoms with van der Waals surface area (Å²) in [4.78, 5) is 0.